The van der Waals surface area contributed by atoms with Crippen molar-refractivity contribution in [3.8, 4) is 5.75 Å². The van der Waals surface area contributed by atoms with Crippen LogP contribution in [0.15, 0.2) is 42.5 Å². The highest BCUT2D eigenvalue weighted by Crippen LogP contribution is 2.27. The molecular weight excluding hydrogens is 270 g/mol. The fraction of sp³-hybridized carbons (Fsp3) is 0.188. The van der Waals surface area contributed by atoms with E-state index in [1.807, 2.05) is 19.1 Å². The Morgan fingerprint density at radius 3 is 2.57 bits per heavy atom. The molecule has 108 valence electrons. The Bertz CT molecular complexity index is 694. The monoisotopic (exact) mass is 285 g/mol. The summed E-state index contributed by atoms with van der Waals surface area (Å²) in [5.74, 6) is -0.0918. The van der Waals surface area contributed by atoms with Crippen molar-refractivity contribution >= 4 is 11.5 Å². The van der Waals surface area contributed by atoms with Crippen molar-refractivity contribution in [2.75, 3.05) is 6.61 Å². The topological polar surface area (TPSA) is 69.4 Å². The summed E-state index contributed by atoms with van der Waals surface area (Å²) in [6, 6.07) is 11.7. The number of hydrogen-bond donors (Lipinski definition) is 0. The summed E-state index contributed by atoms with van der Waals surface area (Å²) in [7, 11) is 0. The van der Waals surface area contributed by atoms with E-state index in [1.54, 1.807) is 31.2 Å². The van der Waals surface area contributed by atoms with Crippen LogP contribution in [0.3, 0.4) is 0 Å². The molecule has 2 aromatic rings. The number of rotatable bonds is 5. The molecule has 0 fully saturated rings. The largest absolute Gasteiger partial charge is 0.478 e. The van der Waals surface area contributed by atoms with Crippen LogP contribution < -0.4 is 4.74 Å². The Balaban J connectivity index is 2.17. The normalized spacial score (nSPS) is 10.2. The second-order valence-electron chi connectivity index (χ2n) is 4.76. The van der Waals surface area contributed by atoms with E-state index in [4.69, 9.17) is 4.74 Å². The van der Waals surface area contributed by atoms with Crippen LogP contribution in [0.5, 0.6) is 5.75 Å². The maximum Gasteiger partial charge on any atom is 0.310 e. The molecule has 0 N–H and O–H groups in total. The van der Waals surface area contributed by atoms with E-state index in [0.29, 0.717) is 5.56 Å². The zero-order chi connectivity index (χ0) is 15.4. The van der Waals surface area contributed by atoms with Gasteiger partial charge in [-0.05, 0) is 31.0 Å². The van der Waals surface area contributed by atoms with Crippen LogP contribution in [0.4, 0.5) is 5.69 Å². The summed E-state index contributed by atoms with van der Waals surface area (Å²) in [6.07, 6.45) is 0. The number of nitro groups is 1. The first-order chi connectivity index (χ1) is 9.99. The van der Waals surface area contributed by atoms with Gasteiger partial charge in [-0.25, -0.2) is 0 Å². The molecule has 0 amide bonds. The molecule has 0 spiro atoms. The second kappa shape index (κ2) is 6.17. The smallest absolute Gasteiger partial charge is 0.310 e. The lowest BCUT2D eigenvalue weighted by Crippen LogP contribution is -2.13. The first kappa shape index (κ1) is 14.7. The van der Waals surface area contributed by atoms with Crippen molar-refractivity contribution in [3.63, 3.8) is 0 Å². The third-order valence-electron chi connectivity index (χ3n) is 3.12. The number of nitro benzene ring substituents is 1. The number of carbonyl (C=O) groups excluding carboxylic acids is 1. The molecule has 0 unspecified atom stereocenters. The van der Waals surface area contributed by atoms with Gasteiger partial charge in [0.1, 0.15) is 0 Å². The summed E-state index contributed by atoms with van der Waals surface area (Å²) in [5.41, 5.74) is 2.11. The van der Waals surface area contributed by atoms with Gasteiger partial charge < -0.3 is 4.74 Å². The average molecular weight is 285 g/mol. The van der Waals surface area contributed by atoms with Crippen molar-refractivity contribution in [2.24, 2.45) is 0 Å². The molecule has 0 radical (unpaired) electrons. The highest BCUT2D eigenvalue weighted by molar-refractivity contribution is 5.98. The quantitative estimate of drug-likeness (QED) is 0.479. The minimum atomic E-state index is -0.521. The lowest BCUT2D eigenvalue weighted by molar-refractivity contribution is -0.385. The number of benzene rings is 2. The maximum atomic E-state index is 12.1. The molecular formula is C16H15NO4. The number of carbonyl (C=O) groups is 1. The second-order valence-corrected chi connectivity index (χ2v) is 4.76. The lowest BCUT2D eigenvalue weighted by atomic mass is 10.1. The van der Waals surface area contributed by atoms with E-state index in [-0.39, 0.29) is 23.8 Å². The van der Waals surface area contributed by atoms with Crippen LogP contribution in [0.2, 0.25) is 0 Å². The first-order valence-corrected chi connectivity index (χ1v) is 6.45. The van der Waals surface area contributed by atoms with Gasteiger partial charge in [-0.15, -0.1) is 0 Å². The predicted molar refractivity (Wildman–Crippen MR) is 78.8 cm³/mol. The van der Waals surface area contributed by atoms with E-state index >= 15 is 0 Å². The van der Waals surface area contributed by atoms with Gasteiger partial charge in [0.15, 0.2) is 18.1 Å². The van der Waals surface area contributed by atoms with Crippen molar-refractivity contribution in [2.45, 2.75) is 13.8 Å². The van der Waals surface area contributed by atoms with Crippen LogP contribution in [-0.2, 0) is 0 Å². The van der Waals surface area contributed by atoms with Crippen molar-refractivity contribution < 1.29 is 14.5 Å². The summed E-state index contributed by atoms with van der Waals surface area (Å²) < 4.78 is 5.36. The van der Waals surface area contributed by atoms with Gasteiger partial charge in [0, 0.05) is 11.6 Å². The molecule has 0 saturated carbocycles. The van der Waals surface area contributed by atoms with Gasteiger partial charge in [-0.2, -0.15) is 0 Å². The third kappa shape index (κ3) is 3.45. The molecule has 2 rings (SSSR count). The van der Waals surface area contributed by atoms with Gasteiger partial charge in [-0.1, -0.05) is 30.3 Å². The Labute approximate surface area is 122 Å². The van der Waals surface area contributed by atoms with Gasteiger partial charge in [0.2, 0.25) is 0 Å². The molecule has 0 atom stereocenters. The van der Waals surface area contributed by atoms with Crippen LogP contribution >= 0.6 is 0 Å². The first-order valence-electron chi connectivity index (χ1n) is 6.45. The fourth-order valence-corrected chi connectivity index (χ4v) is 1.99. The van der Waals surface area contributed by atoms with E-state index in [0.717, 1.165) is 11.1 Å². The average Bonchev–Trinajstić information content (AvgIpc) is 2.45. The molecule has 5 heteroatoms. The summed E-state index contributed by atoms with van der Waals surface area (Å²) in [6.45, 7) is 3.41. The van der Waals surface area contributed by atoms with E-state index < -0.39 is 4.92 Å². The summed E-state index contributed by atoms with van der Waals surface area (Å²) in [4.78, 5) is 22.5. The Morgan fingerprint density at radius 1 is 1.19 bits per heavy atom. The third-order valence-corrected chi connectivity index (χ3v) is 3.12. The zero-order valence-corrected chi connectivity index (χ0v) is 11.8. The molecule has 0 heterocycles. The van der Waals surface area contributed by atoms with Gasteiger partial charge in [0.25, 0.3) is 0 Å². The van der Waals surface area contributed by atoms with Crippen molar-refractivity contribution in [1.82, 2.24) is 0 Å². The summed E-state index contributed by atoms with van der Waals surface area (Å²) in [5, 5.41) is 10.9. The zero-order valence-electron chi connectivity index (χ0n) is 11.8. The molecule has 0 aliphatic carbocycles. The molecule has 0 bridgehead atoms. The molecule has 2 aromatic carbocycles. The number of nitrogens with zero attached hydrogens (tertiary/aromatic N) is 1. The van der Waals surface area contributed by atoms with E-state index in [2.05, 4.69) is 0 Å². The highest BCUT2D eigenvalue weighted by Gasteiger charge is 2.17. The highest BCUT2D eigenvalue weighted by atomic mass is 16.6. The Hall–Kier alpha value is -2.69. The van der Waals surface area contributed by atoms with Gasteiger partial charge in [0.05, 0.1) is 4.92 Å². The molecule has 0 aliphatic rings. The minimum absolute atomic E-state index is 0.113. The summed E-state index contributed by atoms with van der Waals surface area (Å²) >= 11 is 0. The van der Waals surface area contributed by atoms with Gasteiger partial charge in [-0.3, -0.25) is 14.9 Å². The molecule has 0 aliphatic heterocycles. The van der Waals surface area contributed by atoms with E-state index in [1.165, 1.54) is 6.07 Å². The lowest BCUT2D eigenvalue weighted by Gasteiger charge is -2.08. The number of ether oxygens (including phenoxy) is 1. The Kier molecular flexibility index (Phi) is 4.33. The molecule has 5 nitrogen and oxygen atoms in total. The standard InChI is InChI=1S/C16H15NO4/c1-11-7-8-14(17(19)20)16(9-11)21-10-15(18)13-6-4-3-5-12(13)2/h3-9H,10H2,1-2H3. The predicted octanol–water partition coefficient (Wildman–Crippen LogP) is 3.47. The van der Waals surface area contributed by atoms with E-state index in [9.17, 15) is 14.9 Å². The molecule has 0 aromatic heterocycles. The fourth-order valence-electron chi connectivity index (χ4n) is 1.99. The number of hydrogen-bond acceptors (Lipinski definition) is 4. The molecule has 21 heavy (non-hydrogen) atoms. The molecule has 0 saturated heterocycles. The van der Waals surface area contributed by atoms with Crippen LogP contribution in [0, 0.1) is 24.0 Å². The number of ketones is 1. The Morgan fingerprint density at radius 2 is 1.90 bits per heavy atom. The van der Waals surface area contributed by atoms with Crippen LogP contribution in [0.25, 0.3) is 0 Å². The van der Waals surface area contributed by atoms with Crippen LogP contribution in [-0.4, -0.2) is 17.3 Å². The van der Waals surface area contributed by atoms with Gasteiger partial charge >= 0.3 is 5.69 Å². The number of Topliss-reactive ketones (excluding diaryl/α,β-unsaturated/α-hetero) is 1. The number of aryl methyl sites for hydroxylation is 2. The minimum Gasteiger partial charge on any atom is -0.478 e. The van der Waals surface area contributed by atoms with Crippen molar-refractivity contribution in [1.29, 1.82) is 0 Å². The maximum absolute atomic E-state index is 12.1. The SMILES string of the molecule is Cc1ccc([N+](=O)[O-])c(OCC(=O)c2ccccc2C)c1. The van der Waals surface area contributed by atoms with Crippen LogP contribution in [0.1, 0.15) is 21.5 Å². The van der Waals surface area contributed by atoms with Crippen molar-refractivity contribution in [3.05, 3.63) is 69.3 Å².